The zero-order chi connectivity index (χ0) is 24.6. The lowest BCUT2D eigenvalue weighted by molar-refractivity contribution is -0.141. The van der Waals surface area contributed by atoms with E-state index in [-0.39, 0.29) is 24.8 Å². The van der Waals surface area contributed by atoms with Crippen LogP contribution in [0.4, 0.5) is 5.69 Å². The van der Waals surface area contributed by atoms with E-state index in [2.05, 4.69) is 5.32 Å². The van der Waals surface area contributed by atoms with Crippen molar-refractivity contribution in [2.75, 3.05) is 24.2 Å². The van der Waals surface area contributed by atoms with Crippen molar-refractivity contribution in [2.24, 2.45) is 0 Å². The van der Waals surface area contributed by atoms with E-state index in [0.717, 1.165) is 16.7 Å². The Labute approximate surface area is 197 Å². The molecular weight excluding hydrogens is 438 g/mol. The van der Waals surface area contributed by atoms with Gasteiger partial charge in [0.05, 0.1) is 11.9 Å². The van der Waals surface area contributed by atoms with Crippen LogP contribution in [0.3, 0.4) is 0 Å². The molecule has 0 aliphatic rings. The van der Waals surface area contributed by atoms with Crippen LogP contribution in [-0.2, 0) is 26.2 Å². The standard InChI is InChI=1S/C25H35N3O4S/c1-6-22(25(30)26-4)27(18-21-15-13-19(2)14-16-21)24(29)12-9-17-28(33(5,31)32)23-11-8-7-10-20(23)3/h7-8,10-11,13-16,22H,6,9,12,17-18H2,1-5H3,(H,26,30)/t22-/m0/s1. The maximum atomic E-state index is 13.2. The molecule has 0 fully saturated rings. The number of likely N-dealkylation sites (N-methyl/N-ethyl adjacent to an activating group) is 1. The quantitative estimate of drug-likeness (QED) is 0.542. The Morgan fingerprint density at radius 3 is 2.21 bits per heavy atom. The van der Waals surface area contributed by atoms with Crippen LogP contribution in [0.1, 0.15) is 42.9 Å². The van der Waals surface area contributed by atoms with Crippen LogP contribution >= 0.6 is 0 Å². The Balaban J connectivity index is 2.19. The van der Waals surface area contributed by atoms with E-state index in [1.54, 1.807) is 24.1 Å². The van der Waals surface area contributed by atoms with Gasteiger partial charge in [-0.15, -0.1) is 0 Å². The minimum atomic E-state index is -3.51. The lowest BCUT2D eigenvalue weighted by Crippen LogP contribution is -2.48. The number of carbonyl (C=O) groups excluding carboxylic acids is 2. The highest BCUT2D eigenvalue weighted by Gasteiger charge is 2.28. The summed E-state index contributed by atoms with van der Waals surface area (Å²) in [6.07, 6.45) is 2.13. The predicted octanol–water partition coefficient (Wildman–Crippen LogP) is 3.40. The molecule has 0 aliphatic heterocycles. The topological polar surface area (TPSA) is 86.8 Å². The van der Waals surface area contributed by atoms with Gasteiger partial charge in [-0.25, -0.2) is 8.42 Å². The van der Waals surface area contributed by atoms with Gasteiger partial charge in [0, 0.05) is 26.6 Å². The fraction of sp³-hybridized carbons (Fsp3) is 0.440. The fourth-order valence-electron chi connectivity index (χ4n) is 3.80. The van der Waals surface area contributed by atoms with Gasteiger partial charge in [0.25, 0.3) is 0 Å². The number of sulfonamides is 1. The monoisotopic (exact) mass is 473 g/mol. The smallest absolute Gasteiger partial charge is 0.242 e. The van der Waals surface area contributed by atoms with E-state index < -0.39 is 16.1 Å². The maximum Gasteiger partial charge on any atom is 0.242 e. The number of hydrogen-bond acceptors (Lipinski definition) is 4. The third-order valence-electron chi connectivity index (χ3n) is 5.64. The van der Waals surface area contributed by atoms with Crippen molar-refractivity contribution < 1.29 is 18.0 Å². The van der Waals surface area contributed by atoms with E-state index in [9.17, 15) is 18.0 Å². The second-order valence-corrected chi connectivity index (χ2v) is 10.2. The molecule has 0 unspecified atom stereocenters. The first kappa shape index (κ1) is 26.4. The molecule has 0 aliphatic carbocycles. The zero-order valence-corrected chi connectivity index (χ0v) is 21.0. The molecule has 0 aromatic heterocycles. The third-order valence-corrected chi connectivity index (χ3v) is 6.82. The lowest BCUT2D eigenvalue weighted by atomic mass is 10.1. The van der Waals surface area contributed by atoms with Gasteiger partial charge in [0.1, 0.15) is 6.04 Å². The number of nitrogens with one attached hydrogen (secondary N) is 1. The number of para-hydroxylation sites is 1. The summed E-state index contributed by atoms with van der Waals surface area (Å²) < 4.78 is 26.2. The minimum absolute atomic E-state index is 0.136. The van der Waals surface area contributed by atoms with Crippen molar-refractivity contribution >= 4 is 27.5 Å². The number of carbonyl (C=O) groups is 2. The van der Waals surface area contributed by atoms with E-state index in [4.69, 9.17) is 0 Å². The largest absolute Gasteiger partial charge is 0.357 e. The molecule has 0 saturated carbocycles. The van der Waals surface area contributed by atoms with Crippen molar-refractivity contribution in [3.05, 3.63) is 65.2 Å². The summed E-state index contributed by atoms with van der Waals surface area (Å²) in [4.78, 5) is 27.3. The number of anilines is 1. The Kier molecular flexibility index (Phi) is 9.46. The van der Waals surface area contributed by atoms with Crippen molar-refractivity contribution in [3.8, 4) is 0 Å². The highest BCUT2D eigenvalue weighted by atomic mass is 32.2. The van der Waals surface area contributed by atoms with Gasteiger partial charge in [0.15, 0.2) is 0 Å². The molecule has 0 bridgehead atoms. The van der Waals surface area contributed by atoms with Crippen LogP contribution < -0.4 is 9.62 Å². The number of aryl methyl sites for hydroxylation is 2. The first-order valence-electron chi connectivity index (χ1n) is 11.2. The van der Waals surface area contributed by atoms with Crippen molar-refractivity contribution in [1.82, 2.24) is 10.2 Å². The summed E-state index contributed by atoms with van der Waals surface area (Å²) in [5.74, 6) is -0.389. The molecule has 7 nitrogen and oxygen atoms in total. The molecule has 1 atom stereocenters. The Bertz CT molecular complexity index is 1050. The number of benzene rings is 2. The normalized spacial score (nSPS) is 12.2. The molecule has 2 amide bonds. The van der Waals surface area contributed by atoms with Crippen molar-refractivity contribution in [2.45, 2.75) is 52.6 Å². The molecule has 8 heteroatoms. The molecule has 2 aromatic carbocycles. The molecule has 0 radical (unpaired) electrons. The molecule has 2 aromatic rings. The number of amides is 2. The molecular formula is C25H35N3O4S. The van der Waals surface area contributed by atoms with Gasteiger partial charge in [0.2, 0.25) is 21.8 Å². The van der Waals surface area contributed by atoms with Gasteiger partial charge in [-0.2, -0.15) is 0 Å². The highest BCUT2D eigenvalue weighted by molar-refractivity contribution is 7.92. The molecule has 2 rings (SSSR count). The van der Waals surface area contributed by atoms with Gasteiger partial charge in [-0.3, -0.25) is 13.9 Å². The summed E-state index contributed by atoms with van der Waals surface area (Å²) in [6, 6.07) is 14.5. The first-order valence-corrected chi connectivity index (χ1v) is 13.0. The van der Waals surface area contributed by atoms with Crippen LogP contribution in [-0.4, -0.2) is 51.0 Å². The van der Waals surface area contributed by atoms with Crippen LogP contribution in [0.15, 0.2) is 48.5 Å². The molecule has 0 spiro atoms. The predicted molar refractivity (Wildman–Crippen MR) is 132 cm³/mol. The SMILES string of the molecule is CC[C@@H](C(=O)NC)N(Cc1ccc(C)cc1)C(=O)CCCN(c1ccccc1C)S(C)(=O)=O. The second kappa shape index (κ2) is 11.8. The molecule has 0 saturated heterocycles. The van der Waals surface area contributed by atoms with Gasteiger partial charge in [-0.05, 0) is 43.9 Å². The van der Waals surface area contributed by atoms with Crippen molar-refractivity contribution in [3.63, 3.8) is 0 Å². The average molecular weight is 474 g/mol. The Hall–Kier alpha value is -2.87. The van der Waals surface area contributed by atoms with Crippen LogP contribution in [0.25, 0.3) is 0 Å². The number of rotatable bonds is 11. The van der Waals surface area contributed by atoms with Gasteiger partial charge in [-0.1, -0.05) is 55.0 Å². The van der Waals surface area contributed by atoms with Crippen molar-refractivity contribution in [1.29, 1.82) is 0 Å². The summed E-state index contributed by atoms with van der Waals surface area (Å²) in [5.41, 5.74) is 3.52. The fourth-order valence-corrected chi connectivity index (χ4v) is 4.82. The second-order valence-electron chi connectivity index (χ2n) is 8.27. The van der Waals surface area contributed by atoms with Crippen LogP contribution in [0.5, 0.6) is 0 Å². The van der Waals surface area contributed by atoms with E-state index in [0.29, 0.717) is 25.1 Å². The average Bonchev–Trinajstić information content (AvgIpc) is 2.77. The minimum Gasteiger partial charge on any atom is -0.357 e. The Morgan fingerprint density at radius 2 is 1.67 bits per heavy atom. The summed E-state index contributed by atoms with van der Waals surface area (Å²) in [5, 5.41) is 2.65. The molecule has 0 heterocycles. The van der Waals surface area contributed by atoms with Gasteiger partial charge < -0.3 is 10.2 Å². The van der Waals surface area contributed by atoms with E-state index in [1.165, 1.54) is 10.6 Å². The summed E-state index contributed by atoms with van der Waals surface area (Å²) >= 11 is 0. The van der Waals surface area contributed by atoms with E-state index >= 15 is 0 Å². The highest BCUT2D eigenvalue weighted by Crippen LogP contribution is 2.23. The molecule has 33 heavy (non-hydrogen) atoms. The van der Waals surface area contributed by atoms with E-state index in [1.807, 2.05) is 57.2 Å². The molecule has 180 valence electrons. The van der Waals surface area contributed by atoms with Crippen LogP contribution in [0, 0.1) is 13.8 Å². The number of hydrogen-bond donors (Lipinski definition) is 1. The zero-order valence-electron chi connectivity index (χ0n) is 20.2. The lowest BCUT2D eigenvalue weighted by Gasteiger charge is -2.31. The summed E-state index contributed by atoms with van der Waals surface area (Å²) in [6.45, 7) is 6.23. The molecule has 1 N–H and O–H groups in total. The van der Waals surface area contributed by atoms with Crippen LogP contribution in [0.2, 0.25) is 0 Å². The third kappa shape index (κ3) is 7.32. The number of nitrogens with zero attached hydrogens (tertiary/aromatic N) is 2. The Morgan fingerprint density at radius 1 is 1.03 bits per heavy atom. The summed E-state index contributed by atoms with van der Waals surface area (Å²) in [7, 11) is -1.94. The first-order chi connectivity index (χ1) is 15.6. The maximum absolute atomic E-state index is 13.2. The van der Waals surface area contributed by atoms with Gasteiger partial charge >= 0.3 is 0 Å².